The van der Waals surface area contributed by atoms with E-state index < -0.39 is 17.4 Å². The molecule has 0 amide bonds. The van der Waals surface area contributed by atoms with Gasteiger partial charge in [0.1, 0.15) is 12.1 Å². The second-order valence-corrected chi connectivity index (χ2v) is 11.8. The fourth-order valence-electron chi connectivity index (χ4n) is 5.75. The number of nitrogens with zero attached hydrogens (tertiary/aromatic N) is 4. The second kappa shape index (κ2) is 16.2. The van der Waals surface area contributed by atoms with Crippen LogP contribution in [-0.2, 0) is 23.9 Å². The third-order valence-electron chi connectivity index (χ3n) is 8.08. The lowest BCUT2D eigenvalue weighted by atomic mass is 9.90. The molecule has 6 nitrogen and oxygen atoms in total. The van der Waals surface area contributed by atoms with Gasteiger partial charge in [0, 0.05) is 38.6 Å². The van der Waals surface area contributed by atoms with Gasteiger partial charge < -0.3 is 9.47 Å². The molecule has 1 aliphatic rings. The molecule has 4 aromatic carbocycles. The van der Waals surface area contributed by atoms with Crippen LogP contribution in [0.15, 0.2) is 118 Å². The van der Waals surface area contributed by atoms with Crippen molar-refractivity contribution in [1.82, 2.24) is 4.90 Å². The van der Waals surface area contributed by atoms with E-state index in [1.807, 2.05) is 67.6 Å². The van der Waals surface area contributed by atoms with Crippen molar-refractivity contribution in [3.05, 3.63) is 136 Å². The molecule has 0 aromatic heterocycles. The van der Waals surface area contributed by atoms with E-state index >= 15 is 0 Å². The number of ether oxygens (including phenoxy) is 2. The zero-order valence-corrected chi connectivity index (χ0v) is 27.0. The first kappa shape index (κ1) is 34.3. The van der Waals surface area contributed by atoms with Crippen LogP contribution in [0, 0.1) is 0 Å². The Morgan fingerprint density at radius 1 is 0.851 bits per heavy atom. The molecule has 10 heteroatoms. The number of alkyl halides is 3. The first-order valence-electron chi connectivity index (χ1n) is 15.7. The van der Waals surface area contributed by atoms with Crippen LogP contribution in [0.3, 0.4) is 0 Å². The molecule has 0 bridgehead atoms. The molecule has 0 aliphatic carbocycles. The second-order valence-electron chi connectivity index (χ2n) is 11.5. The number of rotatable bonds is 16. The maximum Gasteiger partial charge on any atom is 0.417 e. The number of halogens is 4. The van der Waals surface area contributed by atoms with Gasteiger partial charge in [0.2, 0.25) is 0 Å². The van der Waals surface area contributed by atoms with Crippen LogP contribution in [0.4, 0.5) is 13.2 Å². The molecule has 0 saturated heterocycles. The van der Waals surface area contributed by atoms with Crippen molar-refractivity contribution >= 4 is 17.9 Å². The summed E-state index contributed by atoms with van der Waals surface area (Å²) in [6, 6.07) is 32.2. The summed E-state index contributed by atoms with van der Waals surface area (Å²) in [5.41, 5.74) is 1.96. The van der Waals surface area contributed by atoms with Gasteiger partial charge in [-0.1, -0.05) is 103 Å². The molecule has 47 heavy (non-hydrogen) atoms. The topological polar surface area (TPSA) is 58.8 Å². The van der Waals surface area contributed by atoms with Crippen molar-refractivity contribution < 1.29 is 22.6 Å². The fourth-order valence-corrected chi connectivity index (χ4v) is 6.04. The van der Waals surface area contributed by atoms with Gasteiger partial charge in [0.25, 0.3) is 0 Å². The average Bonchev–Trinajstić information content (AvgIpc) is 3.54. The molecule has 4 aromatic rings. The summed E-state index contributed by atoms with van der Waals surface area (Å²) in [4.78, 5) is 6.64. The van der Waals surface area contributed by atoms with Gasteiger partial charge >= 0.3 is 6.18 Å². The summed E-state index contributed by atoms with van der Waals surface area (Å²) in [5, 5.41) is 8.05. The summed E-state index contributed by atoms with van der Waals surface area (Å²) < 4.78 is 53.1. The minimum atomic E-state index is -4.54. The smallest absolute Gasteiger partial charge is 0.417 e. The monoisotopic (exact) mass is 662 g/mol. The van der Waals surface area contributed by atoms with Crippen LogP contribution in [0.5, 0.6) is 5.75 Å². The molecule has 1 aliphatic heterocycles. The molecule has 0 N–H and O–H groups in total. The highest BCUT2D eigenvalue weighted by molar-refractivity contribution is 6.32. The summed E-state index contributed by atoms with van der Waals surface area (Å²) in [6.45, 7) is 4.56. The lowest BCUT2D eigenvalue weighted by Crippen LogP contribution is -2.32. The minimum Gasteiger partial charge on any atom is -0.493 e. The van der Waals surface area contributed by atoms with Crippen molar-refractivity contribution in [2.45, 2.75) is 44.1 Å². The van der Waals surface area contributed by atoms with Crippen molar-refractivity contribution in [3.8, 4) is 5.75 Å². The third-order valence-corrected chi connectivity index (χ3v) is 8.52. The Bertz CT molecular complexity index is 1580. The van der Waals surface area contributed by atoms with Gasteiger partial charge in [-0.25, -0.2) is 4.99 Å². The standard InChI is InChI=1S/C37H38ClF3N4O2/c1-2-46-26-36(42-27-43-44-36)23-30-17-9-10-20-34(30)47-22-12-21-45(24-31-18-11-19-33(35(31)38)37(39,40)41)25-32(28-13-5-3-6-14-28)29-15-7-4-8-16-29/h3-11,13-20,27,32H,2,12,21-26H2,1H3. The summed E-state index contributed by atoms with van der Waals surface area (Å²) in [6.07, 6.45) is -1.99. The Labute approximate surface area is 278 Å². The van der Waals surface area contributed by atoms with E-state index in [1.165, 1.54) is 12.4 Å². The van der Waals surface area contributed by atoms with Gasteiger partial charge in [-0.05, 0) is 47.7 Å². The number of hydrogen-bond acceptors (Lipinski definition) is 6. The van der Waals surface area contributed by atoms with Crippen LogP contribution in [0.25, 0.3) is 0 Å². The van der Waals surface area contributed by atoms with Gasteiger partial charge in [0.15, 0.2) is 5.66 Å². The Morgan fingerprint density at radius 2 is 1.51 bits per heavy atom. The lowest BCUT2D eigenvalue weighted by molar-refractivity contribution is -0.137. The van der Waals surface area contributed by atoms with Crippen molar-refractivity contribution in [1.29, 1.82) is 0 Å². The Balaban J connectivity index is 1.34. The molecule has 5 rings (SSSR count). The van der Waals surface area contributed by atoms with Crippen molar-refractivity contribution in [2.75, 3.05) is 32.9 Å². The van der Waals surface area contributed by atoms with Crippen molar-refractivity contribution in [3.63, 3.8) is 0 Å². The van der Waals surface area contributed by atoms with Crippen LogP contribution in [-0.4, -0.2) is 49.8 Å². The SMILES string of the molecule is CCOCC1(Cc2ccccc2OCCCN(Cc2cccc(C(F)(F)F)c2Cl)CC(c2ccccc2)c2ccccc2)N=CN=N1. The number of azo groups is 1. The van der Waals surface area contributed by atoms with Gasteiger partial charge in [-0.15, -0.1) is 5.11 Å². The molecule has 0 fully saturated rings. The van der Waals surface area contributed by atoms with E-state index in [-0.39, 0.29) is 17.5 Å². The van der Waals surface area contributed by atoms with Crippen LogP contribution in [0.1, 0.15) is 47.1 Å². The fraction of sp³-hybridized carbons (Fsp3) is 0.324. The van der Waals surface area contributed by atoms with Crippen LogP contribution >= 0.6 is 11.6 Å². The number of benzene rings is 4. The largest absolute Gasteiger partial charge is 0.493 e. The molecule has 1 unspecified atom stereocenters. The van der Waals surface area contributed by atoms with E-state index in [4.69, 9.17) is 21.1 Å². The highest BCUT2D eigenvalue weighted by atomic mass is 35.5. The Kier molecular flexibility index (Phi) is 11.8. The average molecular weight is 663 g/mol. The first-order chi connectivity index (χ1) is 22.8. The molecule has 0 saturated carbocycles. The van der Waals surface area contributed by atoms with E-state index in [2.05, 4.69) is 44.4 Å². The normalized spacial score (nSPS) is 16.0. The predicted molar refractivity (Wildman–Crippen MR) is 179 cm³/mol. The molecule has 0 radical (unpaired) electrons. The number of hydrogen-bond donors (Lipinski definition) is 0. The van der Waals surface area contributed by atoms with E-state index in [0.717, 1.165) is 28.5 Å². The maximum atomic E-state index is 13.7. The summed E-state index contributed by atoms with van der Waals surface area (Å²) in [5.74, 6) is 0.714. The van der Waals surface area contributed by atoms with E-state index in [9.17, 15) is 13.2 Å². The number of para-hydroxylation sites is 1. The van der Waals surface area contributed by atoms with Gasteiger partial charge in [0.05, 0.1) is 23.8 Å². The quantitative estimate of drug-likeness (QED) is 0.112. The first-order valence-corrected chi connectivity index (χ1v) is 16.1. The third kappa shape index (κ3) is 9.28. The lowest BCUT2D eigenvalue weighted by Gasteiger charge is -2.29. The zero-order chi connectivity index (χ0) is 33.1. The van der Waals surface area contributed by atoms with Gasteiger partial charge in [-0.3, -0.25) is 4.90 Å². The van der Waals surface area contributed by atoms with Crippen LogP contribution in [0.2, 0.25) is 5.02 Å². The predicted octanol–water partition coefficient (Wildman–Crippen LogP) is 9.23. The molecule has 0 spiro atoms. The minimum absolute atomic E-state index is 0.00808. The molecule has 1 atom stereocenters. The van der Waals surface area contributed by atoms with E-state index in [1.54, 1.807) is 6.07 Å². The van der Waals surface area contributed by atoms with Gasteiger partial charge in [-0.2, -0.15) is 18.3 Å². The summed E-state index contributed by atoms with van der Waals surface area (Å²) in [7, 11) is 0. The highest BCUT2D eigenvalue weighted by Gasteiger charge is 2.35. The molecule has 246 valence electrons. The molecular weight excluding hydrogens is 625 g/mol. The zero-order valence-electron chi connectivity index (χ0n) is 26.2. The summed E-state index contributed by atoms with van der Waals surface area (Å²) >= 11 is 6.38. The van der Waals surface area contributed by atoms with Crippen LogP contribution < -0.4 is 4.74 Å². The van der Waals surface area contributed by atoms with Crippen molar-refractivity contribution in [2.24, 2.45) is 15.2 Å². The Morgan fingerprint density at radius 3 is 2.15 bits per heavy atom. The van der Waals surface area contributed by atoms with E-state index in [0.29, 0.717) is 51.3 Å². The molecular formula is C37H38ClF3N4O2. The number of aliphatic imine (C=N–C) groups is 1. The maximum absolute atomic E-state index is 13.7. The molecule has 1 heterocycles. The Hall–Kier alpha value is -4.05. The highest BCUT2D eigenvalue weighted by Crippen LogP contribution is 2.37.